The van der Waals surface area contributed by atoms with E-state index in [9.17, 15) is 9.59 Å². The fourth-order valence-corrected chi connectivity index (χ4v) is 3.33. The molecule has 3 rings (SSSR count). The van der Waals surface area contributed by atoms with Gasteiger partial charge in [-0.2, -0.15) is 0 Å². The van der Waals surface area contributed by atoms with Crippen LogP contribution in [0.4, 0.5) is 11.4 Å². The molecule has 2 amide bonds. The van der Waals surface area contributed by atoms with Gasteiger partial charge in [0, 0.05) is 30.9 Å². The first-order valence-electron chi connectivity index (χ1n) is 8.89. The summed E-state index contributed by atoms with van der Waals surface area (Å²) in [5.41, 5.74) is 3.00. The Bertz CT molecular complexity index is 740. The lowest BCUT2D eigenvalue weighted by Crippen LogP contribution is -2.37. The smallest absolute Gasteiger partial charge is 0.232 e. The Hall–Kier alpha value is -2.62. The number of anilines is 2. The molecule has 0 aromatic heterocycles. The third-order valence-electron chi connectivity index (χ3n) is 4.78. The van der Waals surface area contributed by atoms with Crippen molar-refractivity contribution in [3.05, 3.63) is 60.2 Å². The van der Waals surface area contributed by atoms with Crippen LogP contribution in [0, 0.1) is 5.92 Å². The van der Waals surface area contributed by atoms with Gasteiger partial charge in [-0.05, 0) is 43.2 Å². The standard InChI is InChI=1S/C21H24N2O2/c1-3-16-10-12-19(13-11-16)23-15-17(14-20(23)24)21(25)22(4-2)18-8-6-5-7-9-18/h5-13,17H,3-4,14-15H2,1-2H3/t17-/m1/s1. The lowest BCUT2D eigenvalue weighted by Gasteiger charge is -2.24. The fraction of sp³-hybridized carbons (Fsp3) is 0.333. The molecule has 130 valence electrons. The van der Waals surface area contributed by atoms with E-state index < -0.39 is 0 Å². The van der Waals surface area contributed by atoms with Crippen molar-refractivity contribution in [1.82, 2.24) is 0 Å². The molecular formula is C21H24N2O2. The van der Waals surface area contributed by atoms with Crippen molar-refractivity contribution < 1.29 is 9.59 Å². The largest absolute Gasteiger partial charge is 0.312 e. The van der Waals surface area contributed by atoms with Gasteiger partial charge in [-0.25, -0.2) is 0 Å². The van der Waals surface area contributed by atoms with E-state index >= 15 is 0 Å². The van der Waals surface area contributed by atoms with E-state index in [4.69, 9.17) is 0 Å². The van der Waals surface area contributed by atoms with E-state index in [1.165, 1.54) is 5.56 Å². The number of carbonyl (C=O) groups is 2. The van der Waals surface area contributed by atoms with Crippen molar-refractivity contribution in [2.24, 2.45) is 5.92 Å². The summed E-state index contributed by atoms with van der Waals surface area (Å²) in [6, 6.07) is 17.7. The molecule has 0 aliphatic carbocycles. The first kappa shape index (κ1) is 17.2. The summed E-state index contributed by atoms with van der Waals surface area (Å²) in [5, 5.41) is 0. The molecule has 1 atom stereocenters. The summed E-state index contributed by atoms with van der Waals surface area (Å²) in [5.74, 6) is -0.250. The Morgan fingerprint density at radius 2 is 1.76 bits per heavy atom. The number of rotatable bonds is 5. The van der Waals surface area contributed by atoms with Gasteiger partial charge < -0.3 is 9.80 Å². The van der Waals surface area contributed by atoms with Gasteiger partial charge in [0.1, 0.15) is 0 Å². The van der Waals surface area contributed by atoms with Crippen molar-refractivity contribution in [2.75, 3.05) is 22.9 Å². The third-order valence-corrected chi connectivity index (χ3v) is 4.78. The normalized spacial score (nSPS) is 17.0. The van der Waals surface area contributed by atoms with Crippen LogP contribution in [0.5, 0.6) is 0 Å². The predicted octanol–water partition coefficient (Wildman–Crippen LogP) is 3.66. The summed E-state index contributed by atoms with van der Waals surface area (Å²) < 4.78 is 0. The summed E-state index contributed by atoms with van der Waals surface area (Å²) >= 11 is 0. The molecule has 2 aromatic carbocycles. The quantitative estimate of drug-likeness (QED) is 0.836. The molecule has 1 aliphatic heterocycles. The average Bonchev–Trinajstić information content (AvgIpc) is 3.05. The highest BCUT2D eigenvalue weighted by Crippen LogP contribution is 2.28. The minimum atomic E-state index is -0.293. The van der Waals surface area contributed by atoms with Gasteiger partial charge in [0.2, 0.25) is 11.8 Å². The van der Waals surface area contributed by atoms with Crippen LogP contribution in [0.3, 0.4) is 0 Å². The summed E-state index contributed by atoms with van der Waals surface area (Å²) in [6.45, 7) is 5.11. The highest BCUT2D eigenvalue weighted by atomic mass is 16.2. The van der Waals surface area contributed by atoms with Gasteiger partial charge in [-0.1, -0.05) is 37.3 Å². The predicted molar refractivity (Wildman–Crippen MR) is 101 cm³/mol. The van der Waals surface area contributed by atoms with Gasteiger partial charge in [0.05, 0.1) is 5.92 Å². The molecule has 0 N–H and O–H groups in total. The molecule has 25 heavy (non-hydrogen) atoms. The second-order valence-corrected chi connectivity index (χ2v) is 6.34. The van der Waals surface area contributed by atoms with E-state index in [1.807, 2.05) is 61.5 Å². The maximum absolute atomic E-state index is 12.9. The van der Waals surface area contributed by atoms with Crippen LogP contribution in [0.1, 0.15) is 25.8 Å². The monoisotopic (exact) mass is 336 g/mol. The minimum absolute atomic E-state index is 0.0201. The molecule has 1 aliphatic rings. The molecule has 0 saturated carbocycles. The molecule has 0 radical (unpaired) electrons. The summed E-state index contributed by atoms with van der Waals surface area (Å²) in [7, 11) is 0. The first-order chi connectivity index (χ1) is 12.1. The number of benzene rings is 2. The van der Waals surface area contributed by atoms with Crippen molar-refractivity contribution in [3.8, 4) is 0 Å². The number of para-hydroxylation sites is 1. The molecule has 0 bridgehead atoms. The molecule has 4 nitrogen and oxygen atoms in total. The van der Waals surface area contributed by atoms with Crippen molar-refractivity contribution in [1.29, 1.82) is 0 Å². The number of hydrogen-bond acceptors (Lipinski definition) is 2. The van der Waals surface area contributed by atoms with Gasteiger partial charge in [0.15, 0.2) is 0 Å². The Kier molecular flexibility index (Phi) is 5.17. The van der Waals surface area contributed by atoms with Gasteiger partial charge in [-0.3, -0.25) is 9.59 Å². The second kappa shape index (κ2) is 7.51. The molecule has 4 heteroatoms. The zero-order valence-corrected chi connectivity index (χ0v) is 14.8. The Balaban J connectivity index is 1.75. The molecule has 0 unspecified atom stereocenters. The third kappa shape index (κ3) is 3.58. The Morgan fingerprint density at radius 1 is 1.08 bits per heavy atom. The van der Waals surface area contributed by atoms with Crippen LogP contribution in [-0.2, 0) is 16.0 Å². The van der Waals surface area contributed by atoms with Crippen LogP contribution in [0.2, 0.25) is 0 Å². The van der Waals surface area contributed by atoms with Gasteiger partial charge in [0.25, 0.3) is 0 Å². The molecular weight excluding hydrogens is 312 g/mol. The van der Waals surface area contributed by atoms with Crippen LogP contribution in [0.25, 0.3) is 0 Å². The first-order valence-corrected chi connectivity index (χ1v) is 8.89. The fourth-order valence-electron chi connectivity index (χ4n) is 3.33. The van der Waals surface area contributed by atoms with Crippen molar-refractivity contribution in [2.45, 2.75) is 26.7 Å². The molecule has 1 saturated heterocycles. The van der Waals surface area contributed by atoms with Crippen LogP contribution >= 0.6 is 0 Å². The number of amides is 2. The lowest BCUT2D eigenvalue weighted by molar-refractivity contribution is -0.124. The summed E-state index contributed by atoms with van der Waals surface area (Å²) in [4.78, 5) is 28.9. The second-order valence-electron chi connectivity index (χ2n) is 6.34. The molecule has 1 heterocycles. The topological polar surface area (TPSA) is 40.6 Å². The van der Waals surface area contributed by atoms with Crippen molar-refractivity contribution in [3.63, 3.8) is 0 Å². The highest BCUT2D eigenvalue weighted by molar-refractivity contribution is 6.04. The van der Waals surface area contributed by atoms with E-state index in [-0.39, 0.29) is 24.2 Å². The summed E-state index contributed by atoms with van der Waals surface area (Å²) in [6.07, 6.45) is 1.25. The molecule has 2 aromatic rings. The number of hydrogen-bond donors (Lipinski definition) is 0. The van der Waals surface area contributed by atoms with E-state index in [0.717, 1.165) is 17.8 Å². The van der Waals surface area contributed by atoms with E-state index in [0.29, 0.717) is 13.1 Å². The minimum Gasteiger partial charge on any atom is -0.312 e. The van der Waals surface area contributed by atoms with Gasteiger partial charge in [-0.15, -0.1) is 0 Å². The van der Waals surface area contributed by atoms with Crippen LogP contribution in [0.15, 0.2) is 54.6 Å². The molecule has 1 fully saturated rings. The Labute approximate surface area is 149 Å². The van der Waals surface area contributed by atoms with Crippen molar-refractivity contribution >= 4 is 23.2 Å². The van der Waals surface area contributed by atoms with E-state index in [2.05, 4.69) is 6.92 Å². The average molecular weight is 336 g/mol. The van der Waals surface area contributed by atoms with Crippen LogP contribution in [-0.4, -0.2) is 24.9 Å². The lowest BCUT2D eigenvalue weighted by atomic mass is 10.1. The Morgan fingerprint density at radius 3 is 2.36 bits per heavy atom. The zero-order chi connectivity index (χ0) is 17.8. The highest BCUT2D eigenvalue weighted by Gasteiger charge is 2.37. The van der Waals surface area contributed by atoms with Crippen LogP contribution < -0.4 is 9.80 Å². The van der Waals surface area contributed by atoms with Gasteiger partial charge >= 0.3 is 0 Å². The molecule has 0 spiro atoms. The number of nitrogens with zero attached hydrogens (tertiary/aromatic N) is 2. The number of carbonyl (C=O) groups excluding carboxylic acids is 2. The maximum atomic E-state index is 12.9. The maximum Gasteiger partial charge on any atom is 0.232 e. The zero-order valence-electron chi connectivity index (χ0n) is 14.8. The van der Waals surface area contributed by atoms with E-state index in [1.54, 1.807) is 9.80 Å². The number of aryl methyl sites for hydroxylation is 1. The SMILES string of the molecule is CCc1ccc(N2C[C@H](C(=O)N(CC)c3ccccc3)CC2=O)cc1.